The number of ether oxygens (including phenoxy) is 4. The van der Waals surface area contributed by atoms with Gasteiger partial charge >= 0.3 is 0 Å². The standard InChI is InChI=1S/C60H91N2O4/c1-20-27-63-43(6)45(31-42(5)57(7,8)9)32-46-36-52(59(13,14)15)40-50(56(46)66-30-26-62-25-24-61(19)41-62)34-49-39-53(60(16,17)18)38-48(55(49)65-29-22-3)33-47-37-51(58(10,11)12)35-44(23-4)54(47)64-28-21-2/h24-25,31,35-41H,20-23,26-30,32-34H2,1-19H3/q+1. The lowest BCUT2D eigenvalue weighted by Crippen LogP contribution is -2.24. The Hall–Kier alpha value is -4.45. The molecule has 66 heavy (non-hydrogen) atoms. The number of benzene rings is 3. The summed E-state index contributed by atoms with van der Waals surface area (Å²) in [6.45, 7) is 44.2. The lowest BCUT2D eigenvalue weighted by Gasteiger charge is -2.28. The van der Waals surface area contributed by atoms with Crippen molar-refractivity contribution in [3.8, 4) is 17.2 Å². The molecule has 4 rings (SSSR count). The normalized spacial score (nSPS) is 13.2. The molecule has 0 amide bonds. The van der Waals surface area contributed by atoms with Gasteiger partial charge in [0.15, 0.2) is 0 Å². The van der Waals surface area contributed by atoms with E-state index in [9.17, 15) is 0 Å². The largest absolute Gasteiger partial charge is 0.498 e. The summed E-state index contributed by atoms with van der Waals surface area (Å²) >= 11 is 0. The maximum absolute atomic E-state index is 7.15. The molecule has 0 bridgehead atoms. The van der Waals surface area contributed by atoms with Gasteiger partial charge in [-0.1, -0.05) is 159 Å². The molecule has 1 heterocycles. The van der Waals surface area contributed by atoms with Crippen molar-refractivity contribution in [1.82, 2.24) is 4.57 Å². The van der Waals surface area contributed by atoms with Crippen LogP contribution in [-0.2, 0) is 60.3 Å². The van der Waals surface area contributed by atoms with E-state index in [0.717, 1.165) is 55.2 Å². The molecule has 6 nitrogen and oxygen atoms in total. The van der Waals surface area contributed by atoms with Crippen LogP contribution in [0.2, 0.25) is 0 Å². The summed E-state index contributed by atoms with van der Waals surface area (Å²) in [5, 5.41) is 0. The molecule has 0 radical (unpaired) electrons. The van der Waals surface area contributed by atoms with Crippen LogP contribution in [0.25, 0.3) is 0 Å². The van der Waals surface area contributed by atoms with E-state index >= 15 is 0 Å². The number of hydrogen-bond donors (Lipinski definition) is 0. The van der Waals surface area contributed by atoms with Crippen LogP contribution < -0.4 is 18.8 Å². The van der Waals surface area contributed by atoms with Crippen molar-refractivity contribution in [2.75, 3.05) is 26.4 Å². The van der Waals surface area contributed by atoms with E-state index in [1.807, 2.05) is 0 Å². The predicted molar refractivity (Wildman–Crippen MR) is 279 cm³/mol. The Labute approximate surface area is 403 Å². The highest BCUT2D eigenvalue weighted by Crippen LogP contribution is 2.42. The van der Waals surface area contributed by atoms with Crippen LogP contribution in [0.5, 0.6) is 17.2 Å². The van der Waals surface area contributed by atoms with Crippen LogP contribution in [0.15, 0.2) is 78.1 Å². The van der Waals surface area contributed by atoms with Crippen LogP contribution in [0.3, 0.4) is 0 Å². The molecule has 3 aromatic carbocycles. The average molecular weight is 904 g/mol. The smallest absolute Gasteiger partial charge is 0.243 e. The first kappa shape index (κ1) is 54.2. The Kier molecular flexibility index (Phi) is 18.9. The molecule has 0 N–H and O–H groups in total. The third-order valence-corrected chi connectivity index (χ3v) is 12.7. The highest BCUT2D eigenvalue weighted by atomic mass is 16.5. The van der Waals surface area contributed by atoms with Crippen LogP contribution in [0, 0.1) is 5.41 Å². The molecular formula is C60H91N2O4+. The highest BCUT2D eigenvalue weighted by Gasteiger charge is 2.27. The average Bonchev–Trinajstić information content (AvgIpc) is 3.64. The number of rotatable bonds is 21. The van der Waals surface area contributed by atoms with E-state index in [1.54, 1.807) is 0 Å². The summed E-state index contributed by atoms with van der Waals surface area (Å²) in [6.07, 6.45) is 14.4. The fraction of sp³-hybridized carbons (Fsp3) is 0.583. The molecule has 0 fully saturated rings. The zero-order valence-electron chi connectivity index (χ0n) is 45.3. The number of aromatic nitrogens is 2. The quantitative estimate of drug-likeness (QED) is 0.0475. The predicted octanol–water partition coefficient (Wildman–Crippen LogP) is 14.8. The molecule has 4 aromatic rings. The van der Waals surface area contributed by atoms with Gasteiger partial charge in [-0.2, -0.15) is 0 Å². The zero-order valence-corrected chi connectivity index (χ0v) is 45.3. The van der Waals surface area contributed by atoms with Crippen molar-refractivity contribution in [3.63, 3.8) is 0 Å². The monoisotopic (exact) mass is 904 g/mol. The van der Waals surface area contributed by atoms with Gasteiger partial charge in [-0.05, 0) is 117 Å². The minimum atomic E-state index is -0.110. The topological polar surface area (TPSA) is 45.7 Å². The van der Waals surface area contributed by atoms with Crippen molar-refractivity contribution < 1.29 is 23.5 Å². The number of allylic oxidation sites excluding steroid dienone is 4. The van der Waals surface area contributed by atoms with Crippen molar-refractivity contribution in [3.05, 3.63) is 128 Å². The second-order valence-corrected chi connectivity index (χ2v) is 22.9. The first-order valence-corrected chi connectivity index (χ1v) is 25.2. The lowest BCUT2D eigenvalue weighted by atomic mass is 9.80. The Morgan fingerprint density at radius 1 is 0.561 bits per heavy atom. The van der Waals surface area contributed by atoms with Gasteiger partial charge in [-0.15, -0.1) is 0 Å². The number of nitrogens with zero attached hydrogens (tertiary/aromatic N) is 2. The lowest BCUT2D eigenvalue weighted by molar-refractivity contribution is -0.671. The zero-order chi connectivity index (χ0) is 49.2. The maximum Gasteiger partial charge on any atom is 0.243 e. The minimum Gasteiger partial charge on any atom is -0.498 e. The fourth-order valence-electron chi connectivity index (χ4n) is 8.05. The molecule has 6 heteroatoms. The molecule has 0 unspecified atom stereocenters. The molecule has 0 aliphatic carbocycles. The Morgan fingerprint density at radius 2 is 0.970 bits per heavy atom. The number of imidazole rings is 1. The molecule has 1 aromatic heterocycles. The van der Waals surface area contributed by atoms with Crippen LogP contribution in [0.1, 0.15) is 194 Å². The van der Waals surface area contributed by atoms with E-state index in [-0.39, 0.29) is 21.7 Å². The van der Waals surface area contributed by atoms with Gasteiger partial charge in [0.1, 0.15) is 42.8 Å². The van der Waals surface area contributed by atoms with Gasteiger partial charge in [0, 0.05) is 19.3 Å². The van der Waals surface area contributed by atoms with Crippen molar-refractivity contribution in [1.29, 1.82) is 0 Å². The molecular weight excluding hydrogens is 813 g/mol. The van der Waals surface area contributed by atoms with Gasteiger partial charge < -0.3 is 18.9 Å². The third-order valence-electron chi connectivity index (χ3n) is 12.7. The molecule has 0 aliphatic heterocycles. The van der Waals surface area contributed by atoms with E-state index in [0.29, 0.717) is 45.7 Å². The summed E-state index contributed by atoms with van der Waals surface area (Å²) in [4.78, 5) is 0. The summed E-state index contributed by atoms with van der Waals surface area (Å²) < 4.78 is 31.5. The molecule has 0 spiro atoms. The summed E-state index contributed by atoms with van der Waals surface area (Å²) in [5.41, 5.74) is 13.4. The Balaban J connectivity index is 2.08. The highest BCUT2D eigenvalue weighted by molar-refractivity contribution is 5.57. The molecule has 0 aliphatic rings. The number of hydrogen-bond acceptors (Lipinski definition) is 4. The molecule has 0 saturated carbocycles. The molecule has 0 saturated heterocycles. The van der Waals surface area contributed by atoms with Crippen molar-refractivity contribution >= 4 is 0 Å². The molecule has 364 valence electrons. The van der Waals surface area contributed by atoms with Crippen molar-refractivity contribution in [2.45, 2.75) is 192 Å². The van der Waals surface area contributed by atoms with E-state index in [4.69, 9.17) is 18.9 Å². The molecule has 0 atom stereocenters. The first-order valence-electron chi connectivity index (χ1n) is 25.2. The summed E-state index contributed by atoms with van der Waals surface area (Å²) in [5.74, 6) is 3.93. The van der Waals surface area contributed by atoms with E-state index in [1.165, 1.54) is 61.2 Å². The van der Waals surface area contributed by atoms with Gasteiger partial charge in [-0.25, -0.2) is 9.13 Å². The van der Waals surface area contributed by atoms with Crippen LogP contribution >= 0.6 is 0 Å². The minimum absolute atomic E-state index is 0.00986. The SMILES string of the molecule is CCCOC(C)=C(C=C(C)C(C)(C)C)Cc1cc(C(C)(C)C)cc(Cc2cc(C(C)(C)C)cc(Cc3cc(C(C)(C)C)cc(CC)c3OCCC)c2OCCC)c1OCCn1cc[n+](C)c1. The maximum atomic E-state index is 7.15. The van der Waals surface area contributed by atoms with Gasteiger partial charge in [0.05, 0.1) is 32.6 Å². The second-order valence-electron chi connectivity index (χ2n) is 22.9. The third kappa shape index (κ3) is 15.0. The van der Waals surface area contributed by atoms with E-state index in [2.05, 4.69) is 202 Å². The van der Waals surface area contributed by atoms with Crippen LogP contribution in [-0.4, -0.2) is 31.0 Å². The van der Waals surface area contributed by atoms with Crippen molar-refractivity contribution in [2.24, 2.45) is 12.5 Å². The first-order chi connectivity index (χ1) is 30.8. The van der Waals surface area contributed by atoms with Gasteiger partial charge in [-0.3, -0.25) is 0 Å². The summed E-state index contributed by atoms with van der Waals surface area (Å²) in [6, 6.07) is 14.4. The van der Waals surface area contributed by atoms with Gasteiger partial charge in [0.2, 0.25) is 6.33 Å². The Bertz CT molecular complexity index is 2280. The Morgan fingerprint density at radius 3 is 1.36 bits per heavy atom. The van der Waals surface area contributed by atoms with E-state index < -0.39 is 0 Å². The fourth-order valence-corrected chi connectivity index (χ4v) is 8.05. The van der Waals surface area contributed by atoms with Gasteiger partial charge in [0.25, 0.3) is 0 Å². The second kappa shape index (κ2) is 23.0. The number of aryl methyl sites for hydroxylation is 2. The van der Waals surface area contributed by atoms with Crippen LogP contribution in [0.4, 0.5) is 0 Å². The summed E-state index contributed by atoms with van der Waals surface area (Å²) in [7, 11) is 2.06.